The van der Waals surface area contributed by atoms with Crippen LogP contribution in [0.1, 0.15) is 125 Å². The highest BCUT2D eigenvalue weighted by Crippen LogP contribution is 2.65. The van der Waals surface area contributed by atoms with Crippen molar-refractivity contribution < 1.29 is 37.1 Å². The maximum atomic E-state index is 14.5. The molecule has 4 fully saturated rings. The van der Waals surface area contributed by atoms with Crippen molar-refractivity contribution in [1.82, 2.24) is 4.90 Å². The number of Topliss-reactive ketones (excluding diaryl/α,β-unsaturated/α-hetero) is 4. The molecule has 0 aromatic carbocycles. The number of carbonyl (C=O) groups excluding carboxylic acids is 5. The first kappa shape index (κ1) is 38.6. The number of sulfone groups is 1. The number of ether oxygens (including phenoxy) is 1. The molecule has 48 heavy (non-hydrogen) atoms. The molecule has 0 bridgehead atoms. The summed E-state index contributed by atoms with van der Waals surface area (Å²) in [5.41, 5.74) is -2.50. The van der Waals surface area contributed by atoms with E-state index in [0.29, 0.717) is 38.6 Å². The van der Waals surface area contributed by atoms with Crippen LogP contribution in [0.25, 0.3) is 0 Å². The van der Waals surface area contributed by atoms with Crippen LogP contribution in [0.2, 0.25) is 0 Å². The molecule has 2 heterocycles. The van der Waals surface area contributed by atoms with Gasteiger partial charge in [-0.1, -0.05) is 79.7 Å². The van der Waals surface area contributed by atoms with Gasteiger partial charge < -0.3 is 9.64 Å². The van der Waals surface area contributed by atoms with Crippen molar-refractivity contribution in [1.29, 1.82) is 0 Å². The highest BCUT2D eigenvalue weighted by Gasteiger charge is 2.69. The van der Waals surface area contributed by atoms with Gasteiger partial charge in [0, 0.05) is 49.5 Å². The molecule has 2 aliphatic carbocycles. The van der Waals surface area contributed by atoms with Gasteiger partial charge in [0.25, 0.3) is 0 Å². The Morgan fingerprint density at radius 2 is 1.71 bits per heavy atom. The van der Waals surface area contributed by atoms with Crippen molar-refractivity contribution in [3.63, 3.8) is 0 Å². The number of allylic oxidation sites excluding steroid dienone is 1. The summed E-state index contributed by atoms with van der Waals surface area (Å²) in [6, 6.07) is -0.709. The molecule has 1 unspecified atom stereocenters. The predicted molar refractivity (Wildman–Crippen MR) is 185 cm³/mol. The minimum Gasteiger partial charge on any atom is -0.361 e. The van der Waals surface area contributed by atoms with Crippen LogP contribution in [0.3, 0.4) is 0 Å². The maximum absolute atomic E-state index is 14.5. The van der Waals surface area contributed by atoms with E-state index in [-0.39, 0.29) is 72.8 Å². The number of unbranched alkanes of at least 4 members (excludes halogenated alkanes) is 1. The van der Waals surface area contributed by atoms with Crippen LogP contribution in [0.4, 0.5) is 0 Å². The topological polar surface area (TPSA) is 132 Å². The molecule has 10 heteroatoms. The van der Waals surface area contributed by atoms with Gasteiger partial charge in [0.1, 0.15) is 5.78 Å². The lowest BCUT2D eigenvalue weighted by molar-refractivity contribution is -0.148. The Hall–Kier alpha value is -2.20. The smallest absolute Gasteiger partial charge is 0.227 e. The molecule has 2 saturated heterocycles. The highest BCUT2D eigenvalue weighted by atomic mass is 32.2. The lowest BCUT2D eigenvalue weighted by Crippen LogP contribution is -2.51. The second-order valence-electron chi connectivity index (χ2n) is 16.8. The van der Waals surface area contributed by atoms with Crippen LogP contribution in [-0.4, -0.2) is 72.7 Å². The van der Waals surface area contributed by atoms with Gasteiger partial charge in [-0.2, -0.15) is 0 Å². The first-order chi connectivity index (χ1) is 22.4. The van der Waals surface area contributed by atoms with E-state index in [4.69, 9.17) is 4.74 Å². The molecule has 0 radical (unpaired) electrons. The average Bonchev–Trinajstić information content (AvgIpc) is 3.33. The summed E-state index contributed by atoms with van der Waals surface area (Å²) in [5, 5.41) is 0. The van der Waals surface area contributed by atoms with E-state index < -0.39 is 55.5 Å². The molecule has 0 aromatic rings. The summed E-state index contributed by atoms with van der Waals surface area (Å²) in [5.74, 6) is -2.92. The summed E-state index contributed by atoms with van der Waals surface area (Å²) < 4.78 is 31.8. The van der Waals surface area contributed by atoms with Gasteiger partial charge in [-0.05, 0) is 48.3 Å². The van der Waals surface area contributed by atoms with Crippen LogP contribution in [-0.2, 0) is 38.5 Å². The van der Waals surface area contributed by atoms with Gasteiger partial charge in [0.2, 0.25) is 11.7 Å². The van der Waals surface area contributed by atoms with Crippen LogP contribution in [0.15, 0.2) is 12.7 Å². The number of ketones is 4. The predicted octanol–water partition coefficient (Wildman–Crippen LogP) is 6.07. The lowest BCUT2D eigenvalue weighted by atomic mass is 9.69. The number of amides is 1. The molecule has 270 valence electrons. The molecular formula is C38H59NO8S. The van der Waals surface area contributed by atoms with Gasteiger partial charge in [-0.15, -0.1) is 6.58 Å². The van der Waals surface area contributed by atoms with Gasteiger partial charge >= 0.3 is 0 Å². The summed E-state index contributed by atoms with van der Waals surface area (Å²) in [4.78, 5) is 70.3. The molecule has 0 N–H and O–H groups in total. The number of rotatable bonds is 17. The van der Waals surface area contributed by atoms with Crippen molar-refractivity contribution in [2.45, 2.75) is 136 Å². The fraction of sp³-hybridized carbons (Fsp3) is 0.816. The lowest BCUT2D eigenvalue weighted by Gasteiger charge is -2.41. The van der Waals surface area contributed by atoms with Crippen LogP contribution < -0.4 is 0 Å². The van der Waals surface area contributed by atoms with Gasteiger partial charge in [0.05, 0.1) is 18.4 Å². The monoisotopic (exact) mass is 689 g/mol. The molecule has 0 spiro atoms. The number of nitrogens with zero attached hydrogens (tertiary/aromatic N) is 1. The Kier molecular flexibility index (Phi) is 12.0. The molecule has 2 saturated carbocycles. The molecule has 2 aliphatic heterocycles. The van der Waals surface area contributed by atoms with E-state index in [1.165, 1.54) is 0 Å². The molecule has 9 nitrogen and oxygen atoms in total. The summed E-state index contributed by atoms with van der Waals surface area (Å²) in [7, 11) is -3.48. The van der Waals surface area contributed by atoms with Crippen molar-refractivity contribution in [3.05, 3.63) is 12.7 Å². The molecular weight excluding hydrogens is 630 g/mol. The number of fused-ring (bicyclic) bond motifs is 1. The first-order valence-electron chi connectivity index (χ1n) is 18.3. The SMILES string of the molecule is C=CCCC(=O)C(=O)[C@H](CCCC)CC(=O)[C@@H]1[C@@H]2[C@H](CN1C(=O)[C@@H](CC(=O)CC1(C3OCCS3(=O)=O)CCCCC1)C(C)(C)C)C2(C)C. The van der Waals surface area contributed by atoms with E-state index in [2.05, 4.69) is 20.4 Å². The zero-order valence-corrected chi connectivity index (χ0v) is 31.0. The standard InChI is InChI=1S/C38H59NO8S/c1-8-10-15-25(33(43)29(41)16-11-9-2)21-30(42)32-31-28(37(31,6)7)24-39(32)34(44)27(36(3,4)5)22-26(40)23-38(17-13-12-14-18-38)35-47-19-20-48(35,45)46/h9,25,27-28,31-32,35H,2,8,10-24H2,1,3-7H3/t25-,27-,28+,31+,32-,35?/m1/s1. The van der Waals surface area contributed by atoms with E-state index in [9.17, 15) is 32.4 Å². The Morgan fingerprint density at radius 3 is 2.27 bits per heavy atom. The Balaban J connectivity index is 1.55. The van der Waals surface area contributed by atoms with Crippen molar-refractivity contribution in [3.8, 4) is 0 Å². The Labute approximate surface area is 288 Å². The van der Waals surface area contributed by atoms with Gasteiger partial charge in [-0.25, -0.2) is 8.42 Å². The highest BCUT2D eigenvalue weighted by molar-refractivity contribution is 7.92. The van der Waals surface area contributed by atoms with Crippen LogP contribution >= 0.6 is 0 Å². The van der Waals surface area contributed by atoms with Crippen molar-refractivity contribution in [2.24, 2.45) is 39.9 Å². The fourth-order valence-corrected chi connectivity index (χ4v) is 11.0. The summed E-state index contributed by atoms with van der Waals surface area (Å²) in [6.07, 6.45) is 7.87. The molecule has 4 aliphatic rings. The van der Waals surface area contributed by atoms with Crippen molar-refractivity contribution >= 4 is 38.9 Å². The summed E-state index contributed by atoms with van der Waals surface area (Å²) in [6.45, 7) is 16.2. The number of carbonyl (C=O) groups is 5. The fourth-order valence-electron chi connectivity index (χ4n) is 9.05. The molecule has 1 amide bonds. The maximum Gasteiger partial charge on any atom is 0.227 e. The van der Waals surface area contributed by atoms with Gasteiger partial charge in [0.15, 0.2) is 26.8 Å². The van der Waals surface area contributed by atoms with E-state index in [0.717, 1.165) is 25.7 Å². The van der Waals surface area contributed by atoms with E-state index >= 15 is 0 Å². The number of hydrogen-bond donors (Lipinski definition) is 0. The van der Waals surface area contributed by atoms with E-state index in [1.54, 1.807) is 11.0 Å². The quantitative estimate of drug-likeness (QED) is 0.133. The molecule has 6 atom stereocenters. The van der Waals surface area contributed by atoms with Gasteiger partial charge in [-0.3, -0.25) is 24.0 Å². The number of hydrogen-bond acceptors (Lipinski definition) is 8. The van der Waals surface area contributed by atoms with Crippen molar-refractivity contribution in [2.75, 3.05) is 18.9 Å². The third-order valence-corrected chi connectivity index (χ3v) is 14.1. The molecule has 4 rings (SSSR count). The average molecular weight is 690 g/mol. The third kappa shape index (κ3) is 8.06. The largest absolute Gasteiger partial charge is 0.361 e. The molecule has 0 aromatic heterocycles. The van der Waals surface area contributed by atoms with Crippen LogP contribution in [0.5, 0.6) is 0 Å². The zero-order chi connectivity index (χ0) is 35.7. The van der Waals surface area contributed by atoms with Crippen LogP contribution in [0, 0.1) is 39.9 Å². The summed E-state index contributed by atoms with van der Waals surface area (Å²) >= 11 is 0. The zero-order valence-electron chi connectivity index (χ0n) is 30.2. The normalized spacial score (nSPS) is 28.2. The minimum absolute atomic E-state index is 0.0341. The number of piperidine rings is 1. The number of likely N-dealkylation sites (tertiary alicyclic amines) is 1. The third-order valence-electron chi connectivity index (χ3n) is 12.0. The second-order valence-corrected chi connectivity index (χ2v) is 19.0. The second kappa shape index (κ2) is 15.0. The Morgan fingerprint density at radius 1 is 1.04 bits per heavy atom. The minimum atomic E-state index is -3.48. The Bertz CT molecular complexity index is 1370. The first-order valence-corrected chi connectivity index (χ1v) is 20.0. The van der Waals surface area contributed by atoms with E-state index in [1.807, 2.05) is 27.7 Å².